The van der Waals surface area contributed by atoms with Gasteiger partial charge in [-0.05, 0) is 46.5 Å². The van der Waals surface area contributed by atoms with Crippen molar-refractivity contribution in [2.75, 3.05) is 31.1 Å². The number of carbonyl (C=O) groups excluding carboxylic acids is 1. The van der Waals surface area contributed by atoms with E-state index in [1.54, 1.807) is 10.9 Å². The van der Waals surface area contributed by atoms with Crippen LogP contribution < -0.4 is 10.5 Å². The van der Waals surface area contributed by atoms with Crippen LogP contribution >= 0.6 is 0 Å². The van der Waals surface area contributed by atoms with E-state index in [1.807, 2.05) is 25.7 Å². The molecule has 2 saturated heterocycles. The summed E-state index contributed by atoms with van der Waals surface area (Å²) in [5, 5.41) is 4.87. The predicted octanol–water partition coefficient (Wildman–Crippen LogP) is 1.71. The number of amides is 1. The van der Waals surface area contributed by atoms with Crippen molar-refractivity contribution in [3.63, 3.8) is 0 Å². The van der Waals surface area contributed by atoms with Gasteiger partial charge in [-0.3, -0.25) is 14.6 Å². The molecule has 0 aliphatic carbocycles. The zero-order chi connectivity index (χ0) is 19.2. The van der Waals surface area contributed by atoms with E-state index in [9.17, 15) is 9.59 Å². The van der Waals surface area contributed by atoms with Crippen LogP contribution in [0.2, 0.25) is 0 Å². The summed E-state index contributed by atoms with van der Waals surface area (Å²) in [5.74, 6) is 0.968. The lowest BCUT2D eigenvalue weighted by Gasteiger charge is -2.33. The molecule has 0 radical (unpaired) electrons. The number of fused-ring (bicyclic) bond motifs is 1. The summed E-state index contributed by atoms with van der Waals surface area (Å²) in [6, 6.07) is 0. The van der Waals surface area contributed by atoms with Crippen LogP contribution in [0.5, 0.6) is 0 Å². The Hall–Kier alpha value is -2.38. The number of carbonyl (C=O) groups is 1. The molecule has 2 fully saturated rings. The molecule has 0 spiro atoms. The largest absolute Gasteiger partial charge is 0.342 e. The van der Waals surface area contributed by atoms with E-state index in [0.29, 0.717) is 22.9 Å². The van der Waals surface area contributed by atoms with Gasteiger partial charge < -0.3 is 9.80 Å². The van der Waals surface area contributed by atoms with Gasteiger partial charge in [0.2, 0.25) is 11.9 Å². The third-order valence-electron chi connectivity index (χ3n) is 5.62. The first-order valence-electron chi connectivity index (χ1n) is 9.87. The van der Waals surface area contributed by atoms with E-state index in [-0.39, 0.29) is 17.0 Å². The molecule has 0 atom stereocenters. The Balaban J connectivity index is 1.53. The lowest BCUT2D eigenvalue weighted by atomic mass is 9.95. The minimum absolute atomic E-state index is 0.0925. The zero-order valence-electron chi connectivity index (χ0n) is 16.4. The first-order chi connectivity index (χ1) is 12.8. The molecular weight excluding hydrogens is 344 g/mol. The molecule has 0 bridgehead atoms. The van der Waals surface area contributed by atoms with Gasteiger partial charge in [0, 0.05) is 32.1 Å². The molecule has 2 aliphatic rings. The number of hydrogen-bond acceptors (Lipinski definition) is 5. The average Bonchev–Trinajstić information content (AvgIpc) is 3.30. The summed E-state index contributed by atoms with van der Waals surface area (Å²) < 4.78 is 1.80. The fraction of sp³-hybridized carbons (Fsp3) is 0.684. The zero-order valence-corrected chi connectivity index (χ0v) is 16.4. The van der Waals surface area contributed by atoms with Crippen molar-refractivity contribution in [2.45, 2.75) is 52.0 Å². The topological polar surface area (TPSA) is 87.1 Å². The maximum Gasteiger partial charge on any atom is 0.263 e. The summed E-state index contributed by atoms with van der Waals surface area (Å²) in [7, 11) is 0. The summed E-state index contributed by atoms with van der Waals surface area (Å²) >= 11 is 0. The molecule has 1 amide bonds. The van der Waals surface area contributed by atoms with Crippen LogP contribution in [0, 0.1) is 5.92 Å². The Morgan fingerprint density at radius 1 is 1.15 bits per heavy atom. The van der Waals surface area contributed by atoms with Gasteiger partial charge in [-0.25, -0.2) is 4.68 Å². The Morgan fingerprint density at radius 3 is 2.44 bits per heavy atom. The highest BCUT2D eigenvalue weighted by atomic mass is 16.2. The molecule has 8 heteroatoms. The Kier molecular flexibility index (Phi) is 4.44. The maximum absolute atomic E-state index is 12.6. The van der Waals surface area contributed by atoms with Crippen molar-refractivity contribution >= 4 is 22.9 Å². The molecule has 4 rings (SSSR count). The van der Waals surface area contributed by atoms with Crippen molar-refractivity contribution < 1.29 is 4.79 Å². The summed E-state index contributed by atoms with van der Waals surface area (Å²) in [4.78, 5) is 36.8. The standard InChI is InChI=1S/C19H28N6O2/c1-19(2,3)25-15-14(12-20-25)16(26)22-18(21-15)24-10-6-13(7-11-24)17(27)23-8-4-5-9-23/h12-13H,4-11H2,1-3H3,(H,21,22,26). The molecule has 2 aliphatic heterocycles. The van der Waals surface area contributed by atoms with Crippen molar-refractivity contribution in [2.24, 2.45) is 5.92 Å². The number of anilines is 1. The summed E-state index contributed by atoms with van der Waals surface area (Å²) in [6.45, 7) is 9.37. The Morgan fingerprint density at radius 2 is 1.81 bits per heavy atom. The fourth-order valence-electron chi connectivity index (χ4n) is 4.08. The Bertz CT molecular complexity index is 895. The number of H-pyrrole nitrogens is 1. The van der Waals surface area contributed by atoms with Gasteiger partial charge in [0.1, 0.15) is 5.39 Å². The average molecular weight is 372 g/mol. The highest BCUT2D eigenvalue weighted by Gasteiger charge is 2.31. The first kappa shape index (κ1) is 18.0. The number of piperidine rings is 1. The van der Waals surface area contributed by atoms with Gasteiger partial charge in [-0.15, -0.1) is 0 Å². The highest BCUT2D eigenvalue weighted by Crippen LogP contribution is 2.25. The second-order valence-electron chi connectivity index (χ2n) is 8.65. The van der Waals surface area contributed by atoms with Crippen LogP contribution in [-0.4, -0.2) is 56.7 Å². The van der Waals surface area contributed by atoms with E-state index in [0.717, 1.165) is 51.9 Å². The fourth-order valence-corrected chi connectivity index (χ4v) is 4.08. The number of rotatable bonds is 2. The molecule has 8 nitrogen and oxygen atoms in total. The minimum Gasteiger partial charge on any atom is -0.342 e. The van der Waals surface area contributed by atoms with Gasteiger partial charge in [0.25, 0.3) is 5.56 Å². The number of aromatic amines is 1. The van der Waals surface area contributed by atoms with E-state index < -0.39 is 0 Å². The van der Waals surface area contributed by atoms with Crippen molar-refractivity contribution in [3.05, 3.63) is 16.6 Å². The monoisotopic (exact) mass is 372 g/mol. The molecule has 2 aromatic heterocycles. The predicted molar refractivity (Wildman–Crippen MR) is 104 cm³/mol. The van der Waals surface area contributed by atoms with Crippen LogP contribution in [0.3, 0.4) is 0 Å². The minimum atomic E-state index is -0.255. The number of nitrogens with one attached hydrogen (secondary N) is 1. The quantitative estimate of drug-likeness (QED) is 0.867. The lowest BCUT2D eigenvalue weighted by molar-refractivity contribution is -0.135. The third kappa shape index (κ3) is 3.33. The smallest absolute Gasteiger partial charge is 0.263 e. The maximum atomic E-state index is 12.6. The number of hydrogen-bond donors (Lipinski definition) is 1. The summed E-state index contributed by atoms with van der Waals surface area (Å²) in [5.41, 5.74) is 0.187. The second kappa shape index (κ2) is 6.65. The van der Waals surface area contributed by atoms with E-state index in [2.05, 4.69) is 15.0 Å². The lowest BCUT2D eigenvalue weighted by Crippen LogP contribution is -2.42. The molecule has 0 unspecified atom stereocenters. The van der Waals surface area contributed by atoms with Crippen molar-refractivity contribution in [3.8, 4) is 0 Å². The van der Waals surface area contributed by atoms with Crippen LogP contribution in [0.15, 0.2) is 11.0 Å². The Labute approximate surface area is 158 Å². The van der Waals surface area contributed by atoms with Crippen molar-refractivity contribution in [1.29, 1.82) is 0 Å². The highest BCUT2D eigenvalue weighted by molar-refractivity contribution is 5.79. The first-order valence-corrected chi connectivity index (χ1v) is 9.87. The van der Waals surface area contributed by atoms with Crippen molar-refractivity contribution in [1.82, 2.24) is 24.6 Å². The molecule has 2 aromatic rings. The van der Waals surface area contributed by atoms with Crippen LogP contribution in [-0.2, 0) is 10.3 Å². The van der Waals surface area contributed by atoms with E-state index in [4.69, 9.17) is 4.98 Å². The van der Waals surface area contributed by atoms with E-state index >= 15 is 0 Å². The molecule has 146 valence electrons. The van der Waals surface area contributed by atoms with Gasteiger partial charge in [-0.1, -0.05) is 0 Å². The molecule has 27 heavy (non-hydrogen) atoms. The normalized spacial score (nSPS) is 19.2. The molecule has 0 saturated carbocycles. The van der Waals surface area contributed by atoms with Gasteiger partial charge in [-0.2, -0.15) is 10.1 Å². The molecule has 0 aromatic carbocycles. The third-order valence-corrected chi connectivity index (χ3v) is 5.62. The number of likely N-dealkylation sites (tertiary alicyclic amines) is 1. The van der Waals surface area contributed by atoms with E-state index in [1.165, 1.54) is 0 Å². The molecular formula is C19H28N6O2. The number of aromatic nitrogens is 4. The summed E-state index contributed by atoms with van der Waals surface area (Å²) in [6.07, 6.45) is 5.43. The molecule has 4 heterocycles. The van der Waals surface area contributed by atoms with Gasteiger partial charge in [0.05, 0.1) is 11.7 Å². The SMILES string of the molecule is CC(C)(C)n1ncc2c(=O)[nH]c(N3CCC(C(=O)N4CCCC4)CC3)nc21. The number of nitrogens with zero attached hydrogens (tertiary/aromatic N) is 5. The van der Waals surface area contributed by atoms with Crippen LogP contribution in [0.1, 0.15) is 46.5 Å². The molecule has 1 N–H and O–H groups in total. The second-order valence-corrected chi connectivity index (χ2v) is 8.65. The van der Waals surface area contributed by atoms with Gasteiger partial charge >= 0.3 is 0 Å². The van der Waals surface area contributed by atoms with Crippen LogP contribution in [0.25, 0.3) is 11.0 Å². The van der Waals surface area contributed by atoms with Gasteiger partial charge in [0.15, 0.2) is 5.65 Å². The van der Waals surface area contributed by atoms with Crippen LogP contribution in [0.4, 0.5) is 5.95 Å².